The van der Waals surface area contributed by atoms with E-state index < -0.39 is 150 Å². The van der Waals surface area contributed by atoms with Crippen LogP contribution >= 0.6 is 0 Å². The van der Waals surface area contributed by atoms with Crippen molar-refractivity contribution in [2.24, 2.45) is 29.6 Å². The van der Waals surface area contributed by atoms with Gasteiger partial charge in [0.25, 0.3) is 0 Å². The Morgan fingerprint density at radius 3 is 1.30 bits per heavy atom. The number of H-pyrrole nitrogens is 1. The van der Waals surface area contributed by atoms with E-state index in [0.717, 1.165) is 32.0 Å². The number of rotatable bonds is 14. The van der Waals surface area contributed by atoms with E-state index >= 15 is 19.2 Å². The highest BCUT2D eigenvalue weighted by Crippen LogP contribution is 2.27. The van der Waals surface area contributed by atoms with Gasteiger partial charge in [-0.05, 0) is 120 Å². The van der Waals surface area contributed by atoms with Crippen LogP contribution in [0.15, 0.2) is 30.5 Å². The Balaban J connectivity index is 1.96. The number of carbonyl (C=O) groups excluding carboxylic acids is 12. The quantitative estimate of drug-likeness (QED) is 0.180. The third-order valence-electron chi connectivity index (χ3n) is 19.3. The van der Waals surface area contributed by atoms with Crippen LogP contribution in [0.3, 0.4) is 0 Å². The highest BCUT2D eigenvalue weighted by atomic mass is 16.3. The van der Waals surface area contributed by atoms with Gasteiger partial charge in [-0.15, -0.1) is 0 Å². The number of aromatic amines is 1. The zero-order valence-electron chi connectivity index (χ0n) is 62.1. The smallest absolute Gasteiger partial charge is 0.248 e. The molecule has 12 amide bonds. The second-order valence-corrected chi connectivity index (χ2v) is 29.4. The predicted molar refractivity (Wildman–Crippen MR) is 371 cm³/mol. The van der Waals surface area contributed by atoms with Gasteiger partial charge in [0.1, 0.15) is 66.5 Å². The van der Waals surface area contributed by atoms with Gasteiger partial charge in [0, 0.05) is 93.0 Å². The molecule has 12 atom stereocenters. The lowest BCUT2D eigenvalue weighted by atomic mass is 9.96. The molecule has 0 spiro atoms. The largest absolute Gasteiger partial charge is 0.391 e. The monoisotopic (exact) mass is 1360 g/mol. The first kappa shape index (κ1) is 81.8. The number of likely N-dealkylation sites (N-methyl/N-ethyl adjacent to an activating group) is 8. The summed E-state index contributed by atoms with van der Waals surface area (Å²) in [5.41, 5.74) is 1.36. The van der Waals surface area contributed by atoms with Crippen LogP contribution in [-0.4, -0.2) is 267 Å². The van der Waals surface area contributed by atoms with Crippen LogP contribution in [0.25, 0.3) is 10.9 Å². The summed E-state index contributed by atoms with van der Waals surface area (Å²) in [6.07, 6.45) is 2.22. The molecule has 2 aliphatic rings. The fourth-order valence-corrected chi connectivity index (χ4v) is 12.9. The molecule has 2 fully saturated rings. The van der Waals surface area contributed by atoms with Crippen LogP contribution in [0, 0.1) is 29.6 Å². The fraction of sp³-hybridized carbons (Fsp3) is 0.718. The lowest BCUT2D eigenvalue weighted by molar-refractivity contribution is -0.154. The minimum atomic E-state index is -1.71. The standard InChI is InChI=1S/C71H117N13O13/c1-40(2)32-53-61(87)73-45(11)64(90)81(20)56(34-42(5)6)70(96)83(22)58(36-44(9)10)69(95)80(19)55(37-49-39-72-51-29-25-24-28-50(49)51)63(89)75-60(48(14)85)71(97)77(16)47(13)66(92)78(17)54(33-41(3)4)62(88)74-52(67(93)84-30-26-23-27-31-84)38-59(86)76(15)46(12)65(91)82(21)57(35-43(7)8)68(94)79(53)18/h24-25,28-29,39-48,52-58,60,72,85H,23,26-27,30-38H2,1-22H3,(H,73,87)(H,74,88)(H,75,89)/t45-,46-,47-,48+,52-,53-,54-,55-,56-,57-,58-,60-/m0/s1. The summed E-state index contributed by atoms with van der Waals surface area (Å²) in [4.78, 5) is 194. The SMILES string of the molecule is CC(C)C[C@H]1C(=O)N(C)[C@@H](CC(C)C)C(=O)N(C)[C@@H](Cc2c[nH]c3ccccc23)C(=O)N[C@@H]([C@@H](C)O)C(=O)N(C)[C@@H](C)C(=O)N(C)[C@@H](CC(C)C)C(=O)N[C@H](C(=O)N2CCCCC2)CC(=O)N(C)[C@@H](C)C(=O)N(C)[C@@H](CC(C)C)C(=O)N(C)[C@@H](CC(C)C)C(=O)N[C@@H](C)C(=O)N1C. The van der Waals surface area contributed by atoms with Gasteiger partial charge >= 0.3 is 0 Å². The molecule has 26 nitrogen and oxygen atoms in total. The first-order chi connectivity index (χ1) is 45.2. The summed E-state index contributed by atoms with van der Waals surface area (Å²) in [5.74, 6) is -9.23. The van der Waals surface area contributed by atoms with Gasteiger partial charge in [0.15, 0.2) is 0 Å². The van der Waals surface area contributed by atoms with Gasteiger partial charge in [-0.25, -0.2) is 0 Å². The van der Waals surface area contributed by atoms with Gasteiger partial charge in [0.2, 0.25) is 70.9 Å². The summed E-state index contributed by atoms with van der Waals surface area (Å²) < 4.78 is 0. The summed E-state index contributed by atoms with van der Waals surface area (Å²) >= 11 is 0. The topological polar surface area (TPSA) is 306 Å². The maximum Gasteiger partial charge on any atom is 0.248 e. The molecular formula is C71H117N13O13. The average molecular weight is 1360 g/mol. The van der Waals surface area contributed by atoms with E-state index in [1.54, 1.807) is 11.1 Å². The molecule has 2 aromatic rings. The molecule has 97 heavy (non-hydrogen) atoms. The molecular weight excluding hydrogens is 1240 g/mol. The first-order valence-corrected chi connectivity index (χ1v) is 34.7. The van der Waals surface area contributed by atoms with Gasteiger partial charge in [-0.2, -0.15) is 0 Å². The summed E-state index contributed by atoms with van der Waals surface area (Å²) in [5, 5.41) is 20.5. The molecule has 0 bridgehead atoms. The second-order valence-electron chi connectivity index (χ2n) is 29.4. The van der Waals surface area contributed by atoms with Crippen LogP contribution in [-0.2, 0) is 64.0 Å². The highest BCUT2D eigenvalue weighted by Gasteiger charge is 2.45. The molecule has 1 aromatic carbocycles. The number of carbonyl (C=O) groups is 12. The summed E-state index contributed by atoms with van der Waals surface area (Å²) in [6.45, 7) is 25.0. The fourth-order valence-electron chi connectivity index (χ4n) is 12.9. The highest BCUT2D eigenvalue weighted by molar-refractivity contribution is 6.00. The molecule has 0 aliphatic carbocycles. The van der Waals surface area contributed by atoms with E-state index in [1.165, 1.54) is 109 Å². The maximum atomic E-state index is 15.5. The molecule has 5 N–H and O–H groups in total. The second kappa shape index (κ2) is 36.3. The van der Waals surface area contributed by atoms with Crippen molar-refractivity contribution in [2.75, 3.05) is 69.5 Å². The van der Waals surface area contributed by atoms with E-state index in [1.807, 2.05) is 93.5 Å². The van der Waals surface area contributed by atoms with Crippen molar-refractivity contribution in [3.8, 4) is 0 Å². The van der Waals surface area contributed by atoms with Crippen molar-refractivity contribution >= 4 is 81.8 Å². The zero-order valence-corrected chi connectivity index (χ0v) is 62.1. The number of nitrogens with one attached hydrogen (secondary N) is 4. The predicted octanol–water partition coefficient (Wildman–Crippen LogP) is 3.87. The number of hydrogen-bond acceptors (Lipinski definition) is 13. The summed E-state index contributed by atoms with van der Waals surface area (Å²) in [7, 11) is 11.3. The van der Waals surface area contributed by atoms with E-state index in [-0.39, 0.29) is 68.1 Å². The van der Waals surface area contributed by atoms with Crippen molar-refractivity contribution in [1.82, 2.24) is 65.0 Å². The van der Waals surface area contributed by atoms with Crippen LogP contribution in [0.5, 0.6) is 0 Å². The summed E-state index contributed by atoms with van der Waals surface area (Å²) in [6, 6.07) is -7.07. The minimum Gasteiger partial charge on any atom is -0.391 e. The third-order valence-corrected chi connectivity index (χ3v) is 19.3. The number of aliphatic hydroxyl groups excluding tert-OH is 1. The van der Waals surface area contributed by atoms with E-state index in [4.69, 9.17) is 0 Å². The Kier molecular flexibility index (Phi) is 30.6. The van der Waals surface area contributed by atoms with Crippen molar-refractivity contribution in [2.45, 2.75) is 234 Å². The number of aliphatic hydroxyl groups is 1. The number of benzene rings is 1. The Bertz CT molecular complexity index is 3090. The lowest BCUT2D eigenvalue weighted by Gasteiger charge is -2.39. The molecule has 2 aliphatic heterocycles. The number of aromatic nitrogens is 1. The van der Waals surface area contributed by atoms with E-state index in [0.29, 0.717) is 31.5 Å². The van der Waals surface area contributed by atoms with E-state index in [9.17, 15) is 43.5 Å². The van der Waals surface area contributed by atoms with Gasteiger partial charge in [0.05, 0.1) is 12.5 Å². The lowest BCUT2D eigenvalue weighted by Crippen LogP contribution is -2.62. The number of para-hydroxylation sites is 1. The molecule has 2 saturated heterocycles. The molecule has 0 saturated carbocycles. The Morgan fingerprint density at radius 2 is 0.835 bits per heavy atom. The van der Waals surface area contributed by atoms with Crippen molar-refractivity contribution < 1.29 is 62.6 Å². The number of likely N-dealkylation sites (tertiary alicyclic amines) is 1. The van der Waals surface area contributed by atoms with Gasteiger partial charge < -0.3 is 70.1 Å². The van der Waals surface area contributed by atoms with Crippen molar-refractivity contribution in [3.63, 3.8) is 0 Å². The Morgan fingerprint density at radius 1 is 0.454 bits per heavy atom. The first-order valence-electron chi connectivity index (χ1n) is 34.7. The molecule has 4 rings (SSSR count). The van der Waals surface area contributed by atoms with Crippen LogP contribution in [0.2, 0.25) is 0 Å². The average Bonchev–Trinajstić information content (AvgIpc) is 1.81. The van der Waals surface area contributed by atoms with Gasteiger partial charge in [-0.3, -0.25) is 57.5 Å². The molecule has 1 aromatic heterocycles. The van der Waals surface area contributed by atoms with Crippen LogP contribution < -0.4 is 16.0 Å². The number of fused-ring (bicyclic) bond motifs is 1. The number of amides is 12. The number of nitrogens with zero attached hydrogens (tertiary/aromatic N) is 9. The molecule has 0 radical (unpaired) electrons. The van der Waals surface area contributed by atoms with Gasteiger partial charge in [-0.1, -0.05) is 87.4 Å². The molecule has 26 heteroatoms. The van der Waals surface area contributed by atoms with Crippen LogP contribution in [0.1, 0.15) is 160 Å². The van der Waals surface area contributed by atoms with E-state index in [2.05, 4.69) is 20.9 Å². The number of piperidine rings is 1. The maximum absolute atomic E-state index is 15.5. The third kappa shape index (κ3) is 21.2. The Labute approximate surface area is 576 Å². The molecule has 544 valence electrons. The number of hydrogen-bond donors (Lipinski definition) is 5. The molecule has 3 heterocycles. The normalized spacial score (nSPS) is 26.5. The van der Waals surface area contributed by atoms with Crippen molar-refractivity contribution in [1.29, 1.82) is 0 Å². The van der Waals surface area contributed by atoms with Crippen molar-refractivity contribution in [3.05, 3.63) is 36.0 Å². The molecule has 0 unspecified atom stereocenters. The Hall–Kier alpha value is -7.64. The minimum absolute atomic E-state index is 0.0654. The zero-order chi connectivity index (χ0) is 73.5. The van der Waals surface area contributed by atoms with Crippen LogP contribution in [0.4, 0.5) is 0 Å².